The summed E-state index contributed by atoms with van der Waals surface area (Å²) in [6.07, 6.45) is 3.38. The first-order chi connectivity index (χ1) is 17.4. The molecule has 0 aliphatic carbocycles. The lowest BCUT2D eigenvalue weighted by Crippen LogP contribution is -2.41. The van der Waals surface area contributed by atoms with Gasteiger partial charge in [-0.1, -0.05) is 24.3 Å². The highest BCUT2D eigenvalue weighted by molar-refractivity contribution is 5.99. The summed E-state index contributed by atoms with van der Waals surface area (Å²) in [5, 5.41) is 2.93. The van der Waals surface area contributed by atoms with E-state index in [2.05, 4.69) is 5.32 Å². The van der Waals surface area contributed by atoms with Crippen LogP contribution in [0.25, 0.3) is 0 Å². The molecule has 0 aromatic heterocycles. The van der Waals surface area contributed by atoms with Gasteiger partial charge in [-0.15, -0.1) is 0 Å². The predicted octanol–water partition coefficient (Wildman–Crippen LogP) is 3.20. The molecule has 190 valence electrons. The standard InChI is InChI=1S/C27H30N2O7/c1-15(16-6-8-18(32-2)9-7-16)29-14-27-11-10-19(36-27)22(23(27)26(29)31)25(30)28-17-12-20(33-3)24(35-5)21(13-17)34-4/h6-13,15,19,22-23H,14H2,1-5H3,(H,28,30)/t15-,19-,22+,23+,27-/m0/s1. The van der Waals surface area contributed by atoms with Gasteiger partial charge in [0.1, 0.15) is 11.4 Å². The zero-order valence-electron chi connectivity index (χ0n) is 20.9. The van der Waals surface area contributed by atoms with Gasteiger partial charge in [0.05, 0.1) is 59.0 Å². The van der Waals surface area contributed by atoms with Crippen LogP contribution in [0.5, 0.6) is 23.0 Å². The van der Waals surface area contributed by atoms with Crippen molar-refractivity contribution in [3.05, 3.63) is 54.1 Å². The maximum Gasteiger partial charge on any atom is 0.231 e. The molecule has 5 atom stereocenters. The van der Waals surface area contributed by atoms with Crippen molar-refractivity contribution in [1.82, 2.24) is 4.90 Å². The minimum absolute atomic E-state index is 0.0878. The maximum absolute atomic E-state index is 13.7. The van der Waals surface area contributed by atoms with E-state index in [4.69, 9.17) is 23.7 Å². The number of anilines is 1. The molecule has 0 unspecified atom stereocenters. The molecule has 9 heteroatoms. The summed E-state index contributed by atoms with van der Waals surface area (Å²) in [6, 6.07) is 10.8. The number of amides is 2. The van der Waals surface area contributed by atoms with Crippen LogP contribution in [-0.2, 0) is 14.3 Å². The first kappa shape index (κ1) is 24.0. The SMILES string of the molecule is COc1ccc([C@H](C)N2C[C@]34C=C[C@H](O3)[C@@H](C(=O)Nc3cc(OC)c(OC)c(OC)c3)[C@@H]4C2=O)cc1. The first-order valence-electron chi connectivity index (χ1n) is 11.8. The molecule has 1 spiro atoms. The van der Waals surface area contributed by atoms with Crippen molar-refractivity contribution in [3.63, 3.8) is 0 Å². The van der Waals surface area contributed by atoms with Crippen LogP contribution in [0.15, 0.2) is 48.6 Å². The molecule has 1 N–H and O–H groups in total. The van der Waals surface area contributed by atoms with E-state index < -0.39 is 23.5 Å². The van der Waals surface area contributed by atoms with Crippen molar-refractivity contribution < 1.29 is 33.3 Å². The second kappa shape index (κ2) is 9.05. The Hall–Kier alpha value is -3.72. The molecule has 2 bridgehead atoms. The Morgan fingerprint density at radius 2 is 1.72 bits per heavy atom. The summed E-state index contributed by atoms with van der Waals surface area (Å²) in [7, 11) is 6.15. The molecule has 2 aromatic rings. The van der Waals surface area contributed by atoms with E-state index >= 15 is 0 Å². The van der Waals surface area contributed by atoms with Gasteiger partial charge >= 0.3 is 0 Å². The number of carbonyl (C=O) groups is 2. The highest BCUT2D eigenvalue weighted by Gasteiger charge is 2.67. The van der Waals surface area contributed by atoms with Gasteiger partial charge in [-0.25, -0.2) is 0 Å². The lowest BCUT2D eigenvalue weighted by molar-refractivity contribution is -0.137. The topological polar surface area (TPSA) is 95.6 Å². The van der Waals surface area contributed by atoms with E-state index in [1.807, 2.05) is 43.3 Å². The third-order valence-electron chi connectivity index (χ3n) is 7.43. The minimum Gasteiger partial charge on any atom is -0.497 e. The molecule has 3 aliphatic heterocycles. The van der Waals surface area contributed by atoms with Crippen LogP contribution in [0.4, 0.5) is 5.69 Å². The lowest BCUT2D eigenvalue weighted by Gasteiger charge is -2.28. The summed E-state index contributed by atoms with van der Waals surface area (Å²) >= 11 is 0. The van der Waals surface area contributed by atoms with Crippen LogP contribution >= 0.6 is 0 Å². The van der Waals surface area contributed by atoms with E-state index in [1.165, 1.54) is 21.3 Å². The fraction of sp³-hybridized carbons (Fsp3) is 0.407. The molecule has 0 saturated carbocycles. The zero-order chi connectivity index (χ0) is 25.6. The van der Waals surface area contributed by atoms with E-state index in [-0.39, 0.29) is 17.9 Å². The van der Waals surface area contributed by atoms with E-state index in [0.717, 1.165) is 11.3 Å². The minimum atomic E-state index is -0.806. The molecule has 0 radical (unpaired) electrons. The summed E-state index contributed by atoms with van der Waals surface area (Å²) in [6.45, 7) is 2.38. The van der Waals surface area contributed by atoms with Crippen LogP contribution in [0.1, 0.15) is 18.5 Å². The van der Waals surface area contributed by atoms with Gasteiger partial charge < -0.3 is 33.9 Å². The van der Waals surface area contributed by atoms with Gasteiger partial charge in [-0.3, -0.25) is 9.59 Å². The van der Waals surface area contributed by atoms with Gasteiger partial charge in [-0.05, 0) is 24.6 Å². The Labute approximate surface area is 209 Å². The summed E-state index contributed by atoms with van der Waals surface area (Å²) in [5.41, 5.74) is 0.654. The third-order valence-corrected chi connectivity index (χ3v) is 7.43. The molecule has 5 rings (SSSR count). The first-order valence-corrected chi connectivity index (χ1v) is 11.8. The smallest absolute Gasteiger partial charge is 0.231 e. The number of fused-ring (bicyclic) bond motifs is 1. The Morgan fingerprint density at radius 1 is 1.06 bits per heavy atom. The van der Waals surface area contributed by atoms with Gasteiger partial charge in [0.15, 0.2) is 11.5 Å². The van der Waals surface area contributed by atoms with Crippen molar-refractivity contribution >= 4 is 17.5 Å². The molecule has 36 heavy (non-hydrogen) atoms. The van der Waals surface area contributed by atoms with Crippen molar-refractivity contribution in [2.24, 2.45) is 11.8 Å². The number of benzene rings is 2. The van der Waals surface area contributed by atoms with Crippen molar-refractivity contribution in [3.8, 4) is 23.0 Å². The average molecular weight is 495 g/mol. The summed E-state index contributed by atoms with van der Waals surface area (Å²) < 4.78 is 27.7. The second-order valence-corrected chi connectivity index (χ2v) is 9.22. The molecular formula is C27H30N2O7. The highest BCUT2D eigenvalue weighted by Crippen LogP contribution is 2.53. The highest BCUT2D eigenvalue weighted by atomic mass is 16.5. The fourth-order valence-electron chi connectivity index (χ4n) is 5.60. The number of methoxy groups -OCH3 is 4. The predicted molar refractivity (Wildman–Crippen MR) is 132 cm³/mol. The fourth-order valence-corrected chi connectivity index (χ4v) is 5.60. The molecule has 2 aromatic carbocycles. The molecule has 2 saturated heterocycles. The normalized spacial score (nSPS) is 26.5. The number of nitrogens with zero attached hydrogens (tertiary/aromatic N) is 1. The number of hydrogen-bond acceptors (Lipinski definition) is 7. The monoisotopic (exact) mass is 494 g/mol. The zero-order valence-corrected chi connectivity index (χ0v) is 20.9. The quantitative estimate of drug-likeness (QED) is 0.563. The molecular weight excluding hydrogens is 464 g/mol. The molecule has 9 nitrogen and oxygen atoms in total. The average Bonchev–Trinajstić information content (AvgIpc) is 3.55. The Kier molecular flexibility index (Phi) is 6.04. The van der Waals surface area contributed by atoms with E-state index in [1.54, 1.807) is 24.1 Å². The lowest BCUT2D eigenvalue weighted by atomic mass is 9.76. The summed E-state index contributed by atoms with van der Waals surface area (Å²) in [5.74, 6) is 0.381. The second-order valence-electron chi connectivity index (χ2n) is 9.22. The van der Waals surface area contributed by atoms with E-state index in [0.29, 0.717) is 29.5 Å². The third kappa shape index (κ3) is 3.65. The van der Waals surface area contributed by atoms with Crippen LogP contribution in [0, 0.1) is 11.8 Å². The summed E-state index contributed by atoms with van der Waals surface area (Å²) in [4.78, 5) is 29.1. The van der Waals surface area contributed by atoms with Crippen LogP contribution < -0.4 is 24.3 Å². The van der Waals surface area contributed by atoms with Gasteiger partial charge in [0.2, 0.25) is 17.6 Å². The molecule has 3 aliphatic rings. The molecule has 2 fully saturated rings. The van der Waals surface area contributed by atoms with Gasteiger partial charge in [0.25, 0.3) is 0 Å². The Bertz CT molecular complexity index is 1190. The van der Waals surface area contributed by atoms with Crippen LogP contribution in [-0.4, -0.2) is 63.4 Å². The van der Waals surface area contributed by atoms with Gasteiger partial charge in [-0.2, -0.15) is 0 Å². The Balaban J connectivity index is 1.39. The largest absolute Gasteiger partial charge is 0.497 e. The van der Waals surface area contributed by atoms with Crippen LogP contribution in [0.2, 0.25) is 0 Å². The number of ether oxygens (including phenoxy) is 5. The number of nitrogens with one attached hydrogen (secondary N) is 1. The van der Waals surface area contributed by atoms with Crippen molar-refractivity contribution in [2.75, 3.05) is 40.3 Å². The number of likely N-dealkylation sites (tertiary alicyclic amines) is 1. The Morgan fingerprint density at radius 3 is 2.31 bits per heavy atom. The van der Waals surface area contributed by atoms with Gasteiger partial charge in [0, 0.05) is 17.8 Å². The van der Waals surface area contributed by atoms with Crippen LogP contribution in [0.3, 0.4) is 0 Å². The van der Waals surface area contributed by atoms with E-state index in [9.17, 15) is 9.59 Å². The number of rotatable bonds is 8. The maximum atomic E-state index is 13.7. The molecule has 2 amide bonds. The van der Waals surface area contributed by atoms with Crippen molar-refractivity contribution in [2.45, 2.75) is 24.7 Å². The van der Waals surface area contributed by atoms with Crippen molar-refractivity contribution in [1.29, 1.82) is 0 Å². The molecule has 3 heterocycles. The number of carbonyl (C=O) groups excluding carboxylic acids is 2. The number of hydrogen-bond donors (Lipinski definition) is 1.